The molecular formula is C13H29N3O. The number of methoxy groups -OCH3 is 1. The Morgan fingerprint density at radius 1 is 1.41 bits per heavy atom. The maximum atomic E-state index is 5.29. The fourth-order valence-electron chi connectivity index (χ4n) is 2.33. The number of hydrogen-bond acceptors (Lipinski definition) is 4. The second-order valence-corrected chi connectivity index (χ2v) is 5.20. The van der Waals surface area contributed by atoms with Gasteiger partial charge < -0.3 is 15.0 Å². The first-order valence-electron chi connectivity index (χ1n) is 6.82. The molecule has 17 heavy (non-hydrogen) atoms. The van der Waals surface area contributed by atoms with Crippen LogP contribution in [0.5, 0.6) is 0 Å². The van der Waals surface area contributed by atoms with Crippen LogP contribution in [0.15, 0.2) is 0 Å². The lowest BCUT2D eigenvalue weighted by Gasteiger charge is -2.39. The third-order valence-electron chi connectivity index (χ3n) is 3.57. The Kier molecular flexibility index (Phi) is 7.04. The molecule has 2 unspecified atom stereocenters. The quantitative estimate of drug-likeness (QED) is 0.710. The Hall–Kier alpha value is -0.160. The molecule has 1 N–H and O–H groups in total. The number of nitrogens with one attached hydrogen (secondary N) is 1. The van der Waals surface area contributed by atoms with Crippen molar-refractivity contribution < 1.29 is 4.74 Å². The van der Waals surface area contributed by atoms with E-state index in [1.54, 1.807) is 7.11 Å². The zero-order valence-corrected chi connectivity index (χ0v) is 11.9. The molecule has 1 aliphatic heterocycles. The third-order valence-corrected chi connectivity index (χ3v) is 3.57. The number of rotatable bonds is 7. The second kappa shape index (κ2) is 8.03. The maximum absolute atomic E-state index is 5.29. The second-order valence-electron chi connectivity index (χ2n) is 5.20. The molecule has 0 aliphatic carbocycles. The molecule has 2 atom stereocenters. The molecule has 102 valence electrons. The monoisotopic (exact) mass is 243 g/mol. The smallest absolute Gasteiger partial charge is 0.0628 e. The molecular weight excluding hydrogens is 214 g/mol. The first-order valence-corrected chi connectivity index (χ1v) is 6.82. The van der Waals surface area contributed by atoms with Gasteiger partial charge in [0.1, 0.15) is 0 Å². The molecule has 0 aromatic carbocycles. The first kappa shape index (κ1) is 14.9. The van der Waals surface area contributed by atoms with Gasteiger partial charge in [-0.2, -0.15) is 0 Å². The third kappa shape index (κ3) is 5.34. The van der Waals surface area contributed by atoms with Crippen LogP contribution in [0.2, 0.25) is 0 Å². The Balaban J connectivity index is 2.33. The molecule has 1 fully saturated rings. The van der Waals surface area contributed by atoms with Crippen LogP contribution in [-0.4, -0.2) is 75.4 Å². The number of likely N-dealkylation sites (N-methyl/N-ethyl adjacent to an activating group) is 1. The highest BCUT2D eigenvalue weighted by molar-refractivity contribution is 4.80. The van der Waals surface area contributed by atoms with Crippen LogP contribution in [0.4, 0.5) is 0 Å². The van der Waals surface area contributed by atoms with E-state index in [1.807, 2.05) is 0 Å². The molecule has 0 amide bonds. The molecule has 0 saturated carbocycles. The summed E-state index contributed by atoms with van der Waals surface area (Å²) >= 11 is 0. The summed E-state index contributed by atoms with van der Waals surface area (Å²) in [5, 5.41) is 3.56. The maximum Gasteiger partial charge on any atom is 0.0628 e. The minimum atomic E-state index is 0.468. The molecule has 1 rings (SSSR count). The number of nitrogens with zero attached hydrogens (tertiary/aromatic N) is 2. The van der Waals surface area contributed by atoms with E-state index in [9.17, 15) is 0 Å². The molecule has 1 heterocycles. The van der Waals surface area contributed by atoms with Gasteiger partial charge in [-0.1, -0.05) is 6.92 Å². The van der Waals surface area contributed by atoms with Gasteiger partial charge in [0.15, 0.2) is 0 Å². The fraction of sp³-hybridized carbons (Fsp3) is 1.00. The van der Waals surface area contributed by atoms with Crippen LogP contribution in [-0.2, 0) is 4.74 Å². The van der Waals surface area contributed by atoms with Crippen molar-refractivity contribution in [3.8, 4) is 0 Å². The topological polar surface area (TPSA) is 27.7 Å². The molecule has 0 aromatic rings. The standard InChI is InChI=1S/C13H29N3O/c1-5-6-14-13(11-17-4)10-16-8-7-15(3)12(2)9-16/h12-14H,5-11H2,1-4H3. The summed E-state index contributed by atoms with van der Waals surface area (Å²) in [7, 11) is 4.00. The van der Waals surface area contributed by atoms with E-state index in [2.05, 4.69) is 36.0 Å². The van der Waals surface area contributed by atoms with Crippen molar-refractivity contribution in [2.45, 2.75) is 32.4 Å². The van der Waals surface area contributed by atoms with Gasteiger partial charge in [-0.25, -0.2) is 0 Å². The summed E-state index contributed by atoms with van der Waals surface area (Å²) in [6, 6.07) is 1.13. The van der Waals surface area contributed by atoms with Crippen LogP contribution >= 0.6 is 0 Å². The summed E-state index contributed by atoms with van der Waals surface area (Å²) < 4.78 is 5.29. The highest BCUT2D eigenvalue weighted by Crippen LogP contribution is 2.07. The molecule has 1 saturated heterocycles. The highest BCUT2D eigenvalue weighted by Gasteiger charge is 2.22. The minimum absolute atomic E-state index is 0.468. The van der Waals surface area contributed by atoms with Gasteiger partial charge in [-0.3, -0.25) is 4.90 Å². The Labute approximate surface area is 106 Å². The van der Waals surface area contributed by atoms with Crippen molar-refractivity contribution in [1.29, 1.82) is 0 Å². The van der Waals surface area contributed by atoms with E-state index >= 15 is 0 Å². The number of hydrogen-bond donors (Lipinski definition) is 1. The predicted octanol–water partition coefficient (Wildman–Crippen LogP) is 0.637. The molecule has 1 aliphatic rings. The fourth-order valence-corrected chi connectivity index (χ4v) is 2.33. The SMILES string of the molecule is CCCNC(COC)CN1CCN(C)C(C)C1. The van der Waals surface area contributed by atoms with E-state index < -0.39 is 0 Å². The molecule has 0 bridgehead atoms. The first-order chi connectivity index (χ1) is 8.17. The van der Waals surface area contributed by atoms with Crippen LogP contribution in [0, 0.1) is 0 Å². The van der Waals surface area contributed by atoms with Gasteiger partial charge in [-0.15, -0.1) is 0 Å². The number of ether oxygens (including phenoxy) is 1. The summed E-state index contributed by atoms with van der Waals surface area (Å²) in [6.45, 7) is 11.0. The van der Waals surface area contributed by atoms with E-state index in [1.165, 1.54) is 26.1 Å². The van der Waals surface area contributed by atoms with Gasteiger partial charge in [-0.05, 0) is 26.9 Å². The van der Waals surface area contributed by atoms with Crippen molar-refractivity contribution in [2.24, 2.45) is 0 Å². The molecule has 4 heteroatoms. The Morgan fingerprint density at radius 2 is 2.18 bits per heavy atom. The lowest BCUT2D eigenvalue weighted by molar-refractivity contribution is 0.0798. The van der Waals surface area contributed by atoms with Crippen molar-refractivity contribution in [1.82, 2.24) is 15.1 Å². The van der Waals surface area contributed by atoms with Gasteiger partial charge in [0, 0.05) is 45.4 Å². The zero-order chi connectivity index (χ0) is 12.7. The highest BCUT2D eigenvalue weighted by atomic mass is 16.5. The molecule has 0 aromatic heterocycles. The summed E-state index contributed by atoms with van der Waals surface area (Å²) in [5.74, 6) is 0. The van der Waals surface area contributed by atoms with Crippen LogP contribution in [0.1, 0.15) is 20.3 Å². The van der Waals surface area contributed by atoms with Gasteiger partial charge in [0.05, 0.1) is 6.61 Å². The largest absolute Gasteiger partial charge is 0.383 e. The van der Waals surface area contributed by atoms with Gasteiger partial charge in [0.2, 0.25) is 0 Å². The predicted molar refractivity (Wildman–Crippen MR) is 72.5 cm³/mol. The van der Waals surface area contributed by atoms with Crippen molar-refractivity contribution in [3.05, 3.63) is 0 Å². The lowest BCUT2D eigenvalue weighted by atomic mass is 10.2. The van der Waals surface area contributed by atoms with Crippen LogP contribution in [0.3, 0.4) is 0 Å². The van der Waals surface area contributed by atoms with Crippen LogP contribution < -0.4 is 5.32 Å². The summed E-state index contributed by atoms with van der Waals surface area (Å²) in [4.78, 5) is 4.98. The van der Waals surface area contributed by atoms with Gasteiger partial charge >= 0.3 is 0 Å². The lowest BCUT2D eigenvalue weighted by Crippen LogP contribution is -2.54. The van der Waals surface area contributed by atoms with E-state index in [0.29, 0.717) is 12.1 Å². The van der Waals surface area contributed by atoms with E-state index in [-0.39, 0.29) is 0 Å². The van der Waals surface area contributed by atoms with Crippen LogP contribution in [0.25, 0.3) is 0 Å². The zero-order valence-electron chi connectivity index (χ0n) is 11.9. The van der Waals surface area contributed by atoms with Crippen molar-refractivity contribution >= 4 is 0 Å². The number of piperazine rings is 1. The average Bonchev–Trinajstić information content (AvgIpc) is 2.31. The molecule has 0 radical (unpaired) electrons. The summed E-state index contributed by atoms with van der Waals surface area (Å²) in [5.41, 5.74) is 0. The normalized spacial score (nSPS) is 25.1. The molecule has 4 nitrogen and oxygen atoms in total. The average molecular weight is 243 g/mol. The van der Waals surface area contributed by atoms with E-state index in [0.717, 1.165) is 19.7 Å². The Bertz CT molecular complexity index is 199. The van der Waals surface area contributed by atoms with E-state index in [4.69, 9.17) is 4.74 Å². The molecule has 0 spiro atoms. The summed E-state index contributed by atoms with van der Waals surface area (Å²) in [6.07, 6.45) is 1.18. The van der Waals surface area contributed by atoms with Gasteiger partial charge in [0.25, 0.3) is 0 Å². The van der Waals surface area contributed by atoms with Crippen molar-refractivity contribution in [3.63, 3.8) is 0 Å². The Morgan fingerprint density at radius 3 is 2.76 bits per heavy atom. The minimum Gasteiger partial charge on any atom is -0.383 e. The van der Waals surface area contributed by atoms with Crippen molar-refractivity contribution in [2.75, 3.05) is 53.5 Å².